The van der Waals surface area contributed by atoms with Gasteiger partial charge in [-0.25, -0.2) is 0 Å². The highest BCUT2D eigenvalue weighted by Gasteiger charge is 2.18. The van der Waals surface area contributed by atoms with Crippen LogP contribution in [-0.4, -0.2) is 0 Å². The first-order chi connectivity index (χ1) is 29.3. The molecule has 0 atom stereocenters. The Kier molecular flexibility index (Phi) is 9.68. The van der Waals surface area contributed by atoms with Crippen molar-refractivity contribution in [3.8, 4) is 66.8 Å². The van der Waals surface area contributed by atoms with Gasteiger partial charge in [0.2, 0.25) is 0 Å². The van der Waals surface area contributed by atoms with Crippen LogP contribution < -0.4 is 4.90 Å². The minimum atomic E-state index is 1.09. The van der Waals surface area contributed by atoms with Crippen molar-refractivity contribution in [2.24, 2.45) is 0 Å². The van der Waals surface area contributed by atoms with E-state index >= 15 is 0 Å². The van der Waals surface area contributed by atoms with E-state index in [-0.39, 0.29) is 0 Å². The van der Waals surface area contributed by atoms with E-state index in [2.05, 4.69) is 254 Å². The van der Waals surface area contributed by atoms with E-state index in [9.17, 15) is 0 Å². The molecule has 0 spiro atoms. The van der Waals surface area contributed by atoms with Gasteiger partial charge < -0.3 is 4.90 Å². The largest absolute Gasteiger partial charge is 0.310 e. The molecule has 10 aromatic carbocycles. The zero-order chi connectivity index (χ0) is 39.4. The lowest BCUT2D eigenvalue weighted by atomic mass is 9.87. The summed E-state index contributed by atoms with van der Waals surface area (Å²) in [7, 11) is 0. The highest BCUT2D eigenvalue weighted by molar-refractivity contribution is 5.98. The zero-order valence-electron chi connectivity index (χ0n) is 32.6. The molecule has 59 heavy (non-hydrogen) atoms. The molecule has 0 saturated carbocycles. The molecule has 0 N–H and O–H groups in total. The Morgan fingerprint density at radius 2 is 0.576 bits per heavy atom. The lowest BCUT2D eigenvalue weighted by Crippen LogP contribution is -2.10. The molecule has 1 nitrogen and oxygen atoms in total. The Bertz CT molecular complexity index is 3010. The van der Waals surface area contributed by atoms with Crippen LogP contribution in [0.1, 0.15) is 0 Å². The molecule has 10 aromatic rings. The molecule has 10 rings (SSSR count). The summed E-state index contributed by atoms with van der Waals surface area (Å²) in [6.45, 7) is 0. The first-order valence-electron chi connectivity index (χ1n) is 20.3. The van der Waals surface area contributed by atoms with E-state index in [1.54, 1.807) is 0 Å². The van der Waals surface area contributed by atoms with E-state index in [0.29, 0.717) is 0 Å². The average Bonchev–Trinajstić information content (AvgIpc) is 3.32. The van der Waals surface area contributed by atoms with Crippen molar-refractivity contribution in [1.82, 2.24) is 0 Å². The number of anilines is 3. The van der Waals surface area contributed by atoms with Crippen LogP contribution in [0.2, 0.25) is 0 Å². The predicted molar refractivity (Wildman–Crippen MR) is 251 cm³/mol. The molecule has 0 amide bonds. The predicted octanol–water partition coefficient (Wildman–Crippen LogP) is 16.3. The number of hydrogen-bond acceptors (Lipinski definition) is 1. The van der Waals surface area contributed by atoms with Crippen molar-refractivity contribution < 1.29 is 0 Å². The van der Waals surface area contributed by atoms with Gasteiger partial charge in [-0.1, -0.05) is 212 Å². The third-order valence-corrected chi connectivity index (χ3v) is 11.3. The second-order valence-electron chi connectivity index (χ2n) is 14.9. The Hall–Kier alpha value is -7.74. The van der Waals surface area contributed by atoms with Crippen LogP contribution in [0.4, 0.5) is 17.1 Å². The monoisotopic (exact) mass is 751 g/mol. The molecule has 0 unspecified atom stereocenters. The second kappa shape index (κ2) is 16.0. The van der Waals surface area contributed by atoms with Gasteiger partial charge in [-0.05, 0) is 114 Å². The summed E-state index contributed by atoms with van der Waals surface area (Å²) in [5.74, 6) is 0. The summed E-state index contributed by atoms with van der Waals surface area (Å²) >= 11 is 0. The van der Waals surface area contributed by atoms with Crippen molar-refractivity contribution in [3.05, 3.63) is 249 Å². The van der Waals surface area contributed by atoms with Gasteiger partial charge in [0.15, 0.2) is 0 Å². The van der Waals surface area contributed by atoms with Crippen LogP contribution in [0.5, 0.6) is 0 Å². The highest BCUT2D eigenvalue weighted by Crippen LogP contribution is 2.43. The van der Waals surface area contributed by atoms with E-state index in [0.717, 1.165) is 17.1 Å². The fourth-order valence-electron chi connectivity index (χ4n) is 8.47. The van der Waals surface area contributed by atoms with Gasteiger partial charge in [-0.3, -0.25) is 0 Å². The normalized spacial score (nSPS) is 11.1. The van der Waals surface area contributed by atoms with Crippen molar-refractivity contribution >= 4 is 27.8 Å². The number of benzene rings is 10. The van der Waals surface area contributed by atoms with Crippen LogP contribution in [0.3, 0.4) is 0 Å². The van der Waals surface area contributed by atoms with Gasteiger partial charge in [0, 0.05) is 17.1 Å². The summed E-state index contributed by atoms with van der Waals surface area (Å²) in [5.41, 5.74) is 17.7. The highest BCUT2D eigenvalue weighted by atomic mass is 15.1. The number of rotatable bonds is 9. The van der Waals surface area contributed by atoms with Gasteiger partial charge in [-0.2, -0.15) is 0 Å². The van der Waals surface area contributed by atoms with Crippen molar-refractivity contribution in [2.75, 3.05) is 4.90 Å². The molecule has 0 radical (unpaired) electrons. The molecule has 0 bridgehead atoms. The van der Waals surface area contributed by atoms with Gasteiger partial charge in [0.05, 0.1) is 0 Å². The fourth-order valence-corrected chi connectivity index (χ4v) is 8.47. The first kappa shape index (κ1) is 35.7. The van der Waals surface area contributed by atoms with Crippen molar-refractivity contribution in [1.29, 1.82) is 0 Å². The topological polar surface area (TPSA) is 3.24 Å². The second-order valence-corrected chi connectivity index (χ2v) is 14.9. The smallest absolute Gasteiger partial charge is 0.0467 e. The van der Waals surface area contributed by atoms with Crippen LogP contribution in [-0.2, 0) is 0 Å². The minimum absolute atomic E-state index is 1.09. The van der Waals surface area contributed by atoms with Crippen molar-refractivity contribution in [2.45, 2.75) is 0 Å². The van der Waals surface area contributed by atoms with Gasteiger partial charge in [0.25, 0.3) is 0 Å². The summed E-state index contributed by atoms with van der Waals surface area (Å²) in [6.07, 6.45) is 0. The summed E-state index contributed by atoms with van der Waals surface area (Å²) in [4.78, 5) is 2.37. The molecular weight excluding hydrogens is 711 g/mol. The first-order valence-corrected chi connectivity index (χ1v) is 20.3. The maximum atomic E-state index is 2.37. The molecule has 0 aliphatic rings. The number of nitrogens with zero attached hydrogens (tertiary/aromatic N) is 1. The lowest BCUT2D eigenvalue weighted by molar-refractivity contribution is 1.28. The molecule has 0 aliphatic heterocycles. The van der Waals surface area contributed by atoms with E-state index in [1.165, 1.54) is 77.5 Å². The molecule has 0 saturated heterocycles. The zero-order valence-corrected chi connectivity index (χ0v) is 32.6. The van der Waals surface area contributed by atoms with Crippen LogP contribution in [0.15, 0.2) is 249 Å². The SMILES string of the molecule is c1ccc(-c2ccc(N(c3ccc(-c4ccccc4-c4ccccc4-c4ccccc4-c4ccccc4)cc3)c3cccc(-c4cccc5ccccc45)c3)cc2)cc1. The number of hydrogen-bond donors (Lipinski definition) is 0. The van der Waals surface area contributed by atoms with E-state index in [4.69, 9.17) is 0 Å². The summed E-state index contributed by atoms with van der Waals surface area (Å²) in [5, 5.41) is 2.49. The summed E-state index contributed by atoms with van der Waals surface area (Å²) in [6, 6.07) is 89.7. The Morgan fingerprint density at radius 1 is 0.203 bits per heavy atom. The lowest BCUT2D eigenvalue weighted by Gasteiger charge is -2.27. The maximum Gasteiger partial charge on any atom is 0.0467 e. The van der Waals surface area contributed by atoms with Crippen molar-refractivity contribution in [3.63, 3.8) is 0 Å². The molecule has 1 heteroatoms. The molecular formula is C58H41N. The van der Waals surface area contributed by atoms with E-state index < -0.39 is 0 Å². The average molecular weight is 752 g/mol. The van der Waals surface area contributed by atoms with Crippen LogP contribution in [0.25, 0.3) is 77.5 Å². The number of fused-ring (bicyclic) bond motifs is 1. The Morgan fingerprint density at radius 3 is 1.17 bits per heavy atom. The van der Waals surface area contributed by atoms with Gasteiger partial charge in [-0.15, -0.1) is 0 Å². The van der Waals surface area contributed by atoms with Gasteiger partial charge >= 0.3 is 0 Å². The molecule has 0 heterocycles. The Labute approximate surface area is 346 Å². The third kappa shape index (κ3) is 7.12. The molecule has 0 fully saturated rings. The Balaban J connectivity index is 1.06. The minimum Gasteiger partial charge on any atom is -0.310 e. The third-order valence-electron chi connectivity index (χ3n) is 11.3. The fraction of sp³-hybridized carbons (Fsp3) is 0. The van der Waals surface area contributed by atoms with Crippen LogP contribution >= 0.6 is 0 Å². The summed E-state index contributed by atoms with van der Waals surface area (Å²) < 4.78 is 0. The molecule has 0 aliphatic carbocycles. The maximum absolute atomic E-state index is 2.37. The van der Waals surface area contributed by atoms with Gasteiger partial charge in [0.1, 0.15) is 0 Å². The quantitative estimate of drug-likeness (QED) is 0.142. The van der Waals surface area contributed by atoms with Crippen LogP contribution in [0, 0.1) is 0 Å². The molecule has 0 aromatic heterocycles. The van der Waals surface area contributed by atoms with E-state index in [1.807, 2.05) is 0 Å². The standard InChI is InChI=1S/C58H41N/c1-3-17-42(18-4-1)43-33-37-48(38-34-43)59(50-24-15-23-47(41-50)54-32-16-22-45-21-7-8-25-51(45)54)49-39-35-46(36-40-49)53-27-10-12-29-56(53)58-31-14-13-30-57(58)55-28-11-9-26-52(55)44-19-5-2-6-20-44/h1-41H. The molecule has 278 valence electrons.